The van der Waals surface area contributed by atoms with Gasteiger partial charge in [0.2, 0.25) is 0 Å². The van der Waals surface area contributed by atoms with E-state index >= 15 is 0 Å². The van der Waals surface area contributed by atoms with Crippen LogP contribution in [0.4, 0.5) is 0 Å². The van der Waals surface area contributed by atoms with Gasteiger partial charge in [-0.05, 0) is 19.3 Å². The number of ether oxygens (including phenoxy) is 3. The molecule has 6 heteroatoms. The molecule has 0 saturated carbocycles. The van der Waals surface area contributed by atoms with Crippen molar-refractivity contribution in [3.63, 3.8) is 0 Å². The van der Waals surface area contributed by atoms with Crippen LogP contribution in [0.3, 0.4) is 0 Å². The largest absolute Gasteiger partial charge is 0.462 e. The third-order valence-electron chi connectivity index (χ3n) is 16.9. The standard InChI is InChI=1S/C72H140O6/c1-4-7-10-13-16-19-22-25-27-29-31-32-33-34-35-36-37-38-39-40-42-43-45-47-50-53-56-59-62-65-71(74)77-68-69(67-76-70(73)64-61-58-55-52-49-24-21-18-15-12-9-6-3)78-72(75)66-63-60-57-54-51-48-46-44-41-30-28-26-23-20-17-14-11-8-5-2/h69H,4-68H2,1-3H3. The predicted octanol–water partition coefficient (Wildman–Crippen LogP) is 24.6. The summed E-state index contributed by atoms with van der Waals surface area (Å²) in [6, 6.07) is 0. The zero-order chi connectivity index (χ0) is 56.4. The third-order valence-corrected chi connectivity index (χ3v) is 16.9. The third kappa shape index (κ3) is 65.2. The molecule has 0 aromatic carbocycles. The molecule has 0 saturated heterocycles. The monoisotopic (exact) mass is 1100 g/mol. The van der Waals surface area contributed by atoms with Crippen LogP contribution in [0.1, 0.15) is 425 Å². The molecule has 1 unspecified atom stereocenters. The number of rotatable bonds is 68. The molecule has 0 heterocycles. The van der Waals surface area contributed by atoms with Gasteiger partial charge in [-0.1, -0.05) is 387 Å². The minimum absolute atomic E-state index is 0.0603. The molecule has 1 atom stereocenters. The Hall–Kier alpha value is -1.59. The first kappa shape index (κ1) is 76.4. The van der Waals surface area contributed by atoms with Crippen molar-refractivity contribution in [2.75, 3.05) is 13.2 Å². The van der Waals surface area contributed by atoms with E-state index in [0.717, 1.165) is 57.8 Å². The summed E-state index contributed by atoms with van der Waals surface area (Å²) in [5, 5.41) is 0. The van der Waals surface area contributed by atoms with E-state index in [4.69, 9.17) is 14.2 Å². The minimum Gasteiger partial charge on any atom is -0.462 e. The van der Waals surface area contributed by atoms with Crippen LogP contribution < -0.4 is 0 Å². The lowest BCUT2D eigenvalue weighted by atomic mass is 10.0. The summed E-state index contributed by atoms with van der Waals surface area (Å²) in [5.74, 6) is -0.821. The molecule has 0 spiro atoms. The topological polar surface area (TPSA) is 78.9 Å². The maximum Gasteiger partial charge on any atom is 0.306 e. The van der Waals surface area contributed by atoms with Crippen molar-refractivity contribution in [2.45, 2.75) is 431 Å². The van der Waals surface area contributed by atoms with Gasteiger partial charge >= 0.3 is 17.9 Å². The van der Waals surface area contributed by atoms with Crippen LogP contribution in [0.5, 0.6) is 0 Å². The van der Waals surface area contributed by atoms with Crippen molar-refractivity contribution in [3.8, 4) is 0 Å². The van der Waals surface area contributed by atoms with E-state index in [2.05, 4.69) is 20.8 Å². The second kappa shape index (κ2) is 67.9. The van der Waals surface area contributed by atoms with E-state index in [1.165, 1.54) is 327 Å². The average Bonchev–Trinajstić information content (AvgIpc) is 3.44. The zero-order valence-electron chi connectivity index (χ0n) is 53.5. The Morgan fingerprint density at radius 1 is 0.205 bits per heavy atom. The van der Waals surface area contributed by atoms with Crippen molar-refractivity contribution in [1.82, 2.24) is 0 Å². The normalized spacial score (nSPS) is 11.9. The quantitative estimate of drug-likeness (QED) is 0.0343. The summed E-state index contributed by atoms with van der Waals surface area (Å²) >= 11 is 0. The van der Waals surface area contributed by atoms with Crippen LogP contribution in [0, 0.1) is 0 Å². The van der Waals surface area contributed by atoms with E-state index in [-0.39, 0.29) is 31.1 Å². The second-order valence-electron chi connectivity index (χ2n) is 24.9. The fraction of sp³-hybridized carbons (Fsp3) is 0.958. The smallest absolute Gasteiger partial charge is 0.306 e. The molecule has 0 aliphatic rings. The van der Waals surface area contributed by atoms with Gasteiger partial charge in [-0.15, -0.1) is 0 Å². The van der Waals surface area contributed by atoms with Crippen molar-refractivity contribution in [1.29, 1.82) is 0 Å². The van der Waals surface area contributed by atoms with E-state index in [0.29, 0.717) is 19.3 Å². The molecule has 0 aromatic rings. The Balaban J connectivity index is 4.11. The first-order chi connectivity index (χ1) is 38.5. The molecule has 0 N–H and O–H groups in total. The summed E-state index contributed by atoms with van der Waals surface area (Å²) < 4.78 is 17.0. The average molecular weight is 1100 g/mol. The Labute approximate surface area is 488 Å². The lowest BCUT2D eigenvalue weighted by Gasteiger charge is -2.18. The molecule has 0 aromatic heterocycles. The second-order valence-corrected chi connectivity index (χ2v) is 24.9. The maximum atomic E-state index is 12.9. The van der Waals surface area contributed by atoms with Gasteiger partial charge < -0.3 is 14.2 Å². The van der Waals surface area contributed by atoms with Gasteiger partial charge in [0.15, 0.2) is 6.10 Å². The Morgan fingerprint density at radius 3 is 0.513 bits per heavy atom. The number of hydrogen-bond donors (Lipinski definition) is 0. The Bertz CT molecular complexity index is 1170. The Kier molecular flexibility index (Phi) is 66.5. The van der Waals surface area contributed by atoms with Gasteiger partial charge in [0.1, 0.15) is 13.2 Å². The van der Waals surface area contributed by atoms with E-state index < -0.39 is 6.10 Å². The number of unbranched alkanes of at least 4 members (excludes halogenated alkanes) is 57. The molecule has 0 aliphatic heterocycles. The van der Waals surface area contributed by atoms with Gasteiger partial charge in [0.05, 0.1) is 0 Å². The molecule has 78 heavy (non-hydrogen) atoms. The van der Waals surface area contributed by atoms with E-state index in [9.17, 15) is 14.4 Å². The maximum absolute atomic E-state index is 12.9. The summed E-state index contributed by atoms with van der Waals surface area (Å²) in [6.45, 7) is 6.74. The van der Waals surface area contributed by atoms with Crippen LogP contribution in [-0.2, 0) is 28.6 Å². The fourth-order valence-electron chi connectivity index (χ4n) is 11.5. The molecule has 0 rings (SSSR count). The Morgan fingerprint density at radius 2 is 0.346 bits per heavy atom. The number of carbonyl (C=O) groups excluding carboxylic acids is 3. The number of esters is 3. The van der Waals surface area contributed by atoms with Gasteiger partial charge in [0, 0.05) is 19.3 Å². The highest BCUT2D eigenvalue weighted by molar-refractivity contribution is 5.71. The number of hydrogen-bond acceptors (Lipinski definition) is 6. The molecular formula is C72H140O6. The van der Waals surface area contributed by atoms with Crippen molar-refractivity contribution >= 4 is 17.9 Å². The molecular weight excluding hydrogens is 961 g/mol. The van der Waals surface area contributed by atoms with Gasteiger partial charge in [-0.3, -0.25) is 14.4 Å². The van der Waals surface area contributed by atoms with Crippen LogP contribution in [-0.4, -0.2) is 37.2 Å². The summed E-state index contributed by atoms with van der Waals surface area (Å²) in [6.07, 6.45) is 80.1. The van der Waals surface area contributed by atoms with Crippen molar-refractivity contribution in [3.05, 3.63) is 0 Å². The molecule has 0 bridgehead atoms. The van der Waals surface area contributed by atoms with Crippen LogP contribution in [0.25, 0.3) is 0 Å². The fourth-order valence-corrected chi connectivity index (χ4v) is 11.5. The lowest BCUT2D eigenvalue weighted by molar-refractivity contribution is -0.167. The SMILES string of the molecule is CCCCCCCCCCCCCCCCCCCCCCCCCCCCCCCC(=O)OCC(COC(=O)CCCCCCCCCCCCCC)OC(=O)CCCCCCCCCCCCCCCCCCCCC. The van der Waals surface area contributed by atoms with Crippen LogP contribution in [0.15, 0.2) is 0 Å². The number of carbonyl (C=O) groups is 3. The van der Waals surface area contributed by atoms with Crippen molar-refractivity contribution in [2.24, 2.45) is 0 Å². The van der Waals surface area contributed by atoms with Gasteiger partial charge in [-0.25, -0.2) is 0 Å². The molecule has 0 fully saturated rings. The molecule has 464 valence electrons. The summed E-state index contributed by atoms with van der Waals surface area (Å²) in [7, 11) is 0. The van der Waals surface area contributed by atoms with E-state index in [1.807, 2.05) is 0 Å². The molecule has 0 amide bonds. The van der Waals surface area contributed by atoms with Crippen LogP contribution >= 0.6 is 0 Å². The highest BCUT2D eigenvalue weighted by Crippen LogP contribution is 2.20. The summed E-state index contributed by atoms with van der Waals surface area (Å²) in [4.78, 5) is 38.4. The first-order valence-electron chi connectivity index (χ1n) is 36.0. The predicted molar refractivity (Wildman–Crippen MR) is 340 cm³/mol. The first-order valence-corrected chi connectivity index (χ1v) is 36.0. The lowest BCUT2D eigenvalue weighted by Crippen LogP contribution is -2.30. The van der Waals surface area contributed by atoms with Crippen molar-refractivity contribution < 1.29 is 28.6 Å². The highest BCUT2D eigenvalue weighted by Gasteiger charge is 2.20. The minimum atomic E-state index is -0.763. The van der Waals surface area contributed by atoms with E-state index in [1.54, 1.807) is 0 Å². The zero-order valence-corrected chi connectivity index (χ0v) is 53.5. The molecule has 0 aliphatic carbocycles. The van der Waals surface area contributed by atoms with Gasteiger partial charge in [-0.2, -0.15) is 0 Å². The molecule has 0 radical (unpaired) electrons. The van der Waals surface area contributed by atoms with Crippen LogP contribution in [0.2, 0.25) is 0 Å². The highest BCUT2D eigenvalue weighted by atomic mass is 16.6. The van der Waals surface area contributed by atoms with Gasteiger partial charge in [0.25, 0.3) is 0 Å². The molecule has 6 nitrogen and oxygen atoms in total. The summed E-state index contributed by atoms with van der Waals surface area (Å²) in [5.41, 5.74) is 0.